The molecule has 0 unspecified atom stereocenters. The molecule has 0 spiro atoms. The number of nitrogens with one attached hydrogen (secondary N) is 1. The van der Waals surface area contributed by atoms with E-state index >= 15 is 0 Å². The summed E-state index contributed by atoms with van der Waals surface area (Å²) in [5, 5.41) is 43.2. The summed E-state index contributed by atoms with van der Waals surface area (Å²) in [5.41, 5.74) is 1.77. The quantitative estimate of drug-likeness (QED) is 0.643. The first kappa shape index (κ1) is 18.0. The molecule has 0 saturated heterocycles. The lowest BCUT2D eigenvalue weighted by atomic mass is 9.77. The normalized spacial score (nSPS) is 21.0. The predicted octanol–water partition coefficient (Wildman–Crippen LogP) is 3.84. The molecule has 3 aromatic rings. The number of nitrogens with zero attached hydrogens (tertiary/aromatic N) is 3. The molecule has 1 aliphatic carbocycles. The molecule has 1 saturated carbocycles. The summed E-state index contributed by atoms with van der Waals surface area (Å²) in [6.07, 6.45) is 2.91. The molecule has 0 aliphatic heterocycles. The summed E-state index contributed by atoms with van der Waals surface area (Å²) in [6, 6.07) is 12.8. The second-order valence-electron chi connectivity index (χ2n) is 7.50. The third-order valence-electron chi connectivity index (χ3n) is 5.13. The maximum atomic E-state index is 10.4. The minimum Gasteiger partial charge on any atom is -0.507 e. The van der Waals surface area contributed by atoms with Crippen molar-refractivity contribution in [2.45, 2.75) is 31.4 Å². The molecule has 2 aromatic carbocycles. The zero-order valence-electron chi connectivity index (χ0n) is 15.5. The minimum atomic E-state index is -0.655. The van der Waals surface area contributed by atoms with Crippen molar-refractivity contribution in [1.29, 1.82) is 5.26 Å². The van der Waals surface area contributed by atoms with E-state index in [9.17, 15) is 15.5 Å². The van der Waals surface area contributed by atoms with Gasteiger partial charge in [-0.15, -0.1) is 10.2 Å². The zero-order valence-corrected chi connectivity index (χ0v) is 15.5. The Morgan fingerprint density at radius 1 is 1.21 bits per heavy atom. The van der Waals surface area contributed by atoms with Crippen molar-refractivity contribution in [3.05, 3.63) is 54.1 Å². The second kappa shape index (κ2) is 6.63. The van der Waals surface area contributed by atoms with Gasteiger partial charge in [-0.1, -0.05) is 24.8 Å². The Morgan fingerprint density at radius 3 is 2.64 bits per heavy atom. The lowest BCUT2D eigenvalue weighted by molar-refractivity contribution is -0.0235. The molecule has 0 radical (unpaired) electrons. The molecular formula is C22H20N4O2. The Bertz CT molecular complexity index is 1120. The number of aromatic hydroxyl groups is 1. The van der Waals surface area contributed by atoms with Crippen LogP contribution in [-0.2, 0) is 0 Å². The number of nitriles is 1. The first-order valence-electron chi connectivity index (χ1n) is 9.05. The van der Waals surface area contributed by atoms with Crippen LogP contribution in [0.5, 0.6) is 5.75 Å². The van der Waals surface area contributed by atoms with E-state index in [0.717, 1.165) is 16.3 Å². The van der Waals surface area contributed by atoms with Crippen LogP contribution in [-0.4, -0.2) is 32.1 Å². The van der Waals surface area contributed by atoms with E-state index in [0.29, 0.717) is 35.5 Å². The maximum Gasteiger partial charge on any atom is 0.156 e. The highest BCUT2D eigenvalue weighted by Crippen LogP contribution is 2.38. The van der Waals surface area contributed by atoms with Crippen LogP contribution >= 0.6 is 0 Å². The average molecular weight is 372 g/mol. The van der Waals surface area contributed by atoms with Gasteiger partial charge in [0.15, 0.2) is 5.82 Å². The van der Waals surface area contributed by atoms with E-state index in [1.807, 2.05) is 19.1 Å². The first-order valence-corrected chi connectivity index (χ1v) is 9.05. The highest BCUT2D eigenvalue weighted by Gasteiger charge is 2.38. The van der Waals surface area contributed by atoms with Gasteiger partial charge in [-0.05, 0) is 49.6 Å². The summed E-state index contributed by atoms with van der Waals surface area (Å²) in [7, 11) is 0. The number of rotatable bonds is 4. The highest BCUT2D eigenvalue weighted by molar-refractivity contribution is 6.01. The van der Waals surface area contributed by atoms with E-state index in [4.69, 9.17) is 0 Å². The lowest BCUT2D eigenvalue weighted by Gasteiger charge is -2.41. The number of hydrogen-bond acceptors (Lipinski definition) is 6. The van der Waals surface area contributed by atoms with Gasteiger partial charge in [-0.2, -0.15) is 5.26 Å². The van der Waals surface area contributed by atoms with Crippen molar-refractivity contribution >= 4 is 22.7 Å². The minimum absolute atomic E-state index is 0.0908. The van der Waals surface area contributed by atoms with E-state index < -0.39 is 5.60 Å². The third kappa shape index (κ3) is 3.17. The molecule has 1 heterocycles. The van der Waals surface area contributed by atoms with E-state index in [-0.39, 0.29) is 11.8 Å². The van der Waals surface area contributed by atoms with Crippen molar-refractivity contribution < 1.29 is 10.2 Å². The van der Waals surface area contributed by atoms with Gasteiger partial charge in [0.2, 0.25) is 0 Å². The highest BCUT2D eigenvalue weighted by atomic mass is 16.3. The summed E-state index contributed by atoms with van der Waals surface area (Å²) < 4.78 is 0. The number of phenolic OH excluding ortho intramolecular Hbond substituents is 1. The van der Waals surface area contributed by atoms with Crippen LogP contribution in [0.3, 0.4) is 0 Å². The molecule has 3 N–H and O–H groups in total. The summed E-state index contributed by atoms with van der Waals surface area (Å²) in [4.78, 5) is 0. The molecule has 0 atom stereocenters. The lowest BCUT2D eigenvalue weighted by Crippen LogP contribution is -2.48. The van der Waals surface area contributed by atoms with Crippen LogP contribution in [0.1, 0.15) is 30.9 Å². The van der Waals surface area contributed by atoms with Crippen LogP contribution in [0.2, 0.25) is 0 Å². The van der Waals surface area contributed by atoms with Crippen molar-refractivity contribution in [1.82, 2.24) is 10.2 Å². The zero-order chi connectivity index (χ0) is 19.9. The molecule has 0 bridgehead atoms. The molecular weight excluding hydrogens is 352 g/mol. The standard InChI is InChI=1S/C22H20N4O2/c1-3-13-4-7-17(19(27)9-13)20-16-6-5-14(12-23)8-18(16)21(26-25-20)24-15-10-22(2,28)11-15/h3-9,15,27-28H,1,10-11H2,2H3,(H,24,26). The molecule has 28 heavy (non-hydrogen) atoms. The van der Waals surface area contributed by atoms with Gasteiger partial charge in [0.1, 0.15) is 11.4 Å². The molecule has 140 valence electrons. The fourth-order valence-electron chi connectivity index (χ4n) is 3.70. The second-order valence-corrected chi connectivity index (χ2v) is 7.50. The summed E-state index contributed by atoms with van der Waals surface area (Å²) >= 11 is 0. The van der Waals surface area contributed by atoms with Gasteiger partial charge in [-0.25, -0.2) is 0 Å². The third-order valence-corrected chi connectivity index (χ3v) is 5.13. The van der Waals surface area contributed by atoms with Gasteiger partial charge in [0.25, 0.3) is 0 Å². The fraction of sp³-hybridized carbons (Fsp3) is 0.227. The number of aromatic nitrogens is 2. The van der Waals surface area contributed by atoms with Gasteiger partial charge in [-0.3, -0.25) is 0 Å². The van der Waals surface area contributed by atoms with Gasteiger partial charge in [0.05, 0.1) is 17.2 Å². The van der Waals surface area contributed by atoms with Crippen molar-refractivity contribution in [3.8, 4) is 23.1 Å². The summed E-state index contributed by atoms with van der Waals surface area (Å²) in [6.45, 7) is 5.52. The number of aliphatic hydroxyl groups is 1. The van der Waals surface area contributed by atoms with Crippen LogP contribution in [0.15, 0.2) is 43.0 Å². The molecule has 1 aromatic heterocycles. The number of phenols is 1. The van der Waals surface area contributed by atoms with Crippen molar-refractivity contribution in [2.75, 3.05) is 5.32 Å². The van der Waals surface area contributed by atoms with Gasteiger partial charge >= 0.3 is 0 Å². The molecule has 0 amide bonds. The van der Waals surface area contributed by atoms with Crippen LogP contribution in [0, 0.1) is 11.3 Å². The van der Waals surface area contributed by atoms with Crippen LogP contribution in [0.4, 0.5) is 5.82 Å². The van der Waals surface area contributed by atoms with E-state index in [1.165, 1.54) is 0 Å². The monoisotopic (exact) mass is 372 g/mol. The Labute approximate surface area is 162 Å². The number of fused-ring (bicyclic) bond motifs is 1. The molecule has 1 fully saturated rings. The van der Waals surface area contributed by atoms with Gasteiger partial charge in [0, 0.05) is 22.4 Å². The number of anilines is 1. The topological polar surface area (TPSA) is 102 Å². The largest absolute Gasteiger partial charge is 0.507 e. The Hall–Kier alpha value is -3.43. The van der Waals surface area contributed by atoms with E-state index in [1.54, 1.807) is 30.3 Å². The van der Waals surface area contributed by atoms with Crippen LogP contribution < -0.4 is 5.32 Å². The van der Waals surface area contributed by atoms with Crippen LogP contribution in [0.25, 0.3) is 28.1 Å². The number of benzene rings is 2. The fourth-order valence-corrected chi connectivity index (χ4v) is 3.70. The summed E-state index contributed by atoms with van der Waals surface area (Å²) in [5.74, 6) is 0.659. The Kier molecular flexibility index (Phi) is 4.25. The molecule has 1 aliphatic rings. The van der Waals surface area contributed by atoms with Gasteiger partial charge < -0.3 is 15.5 Å². The van der Waals surface area contributed by atoms with E-state index in [2.05, 4.69) is 28.2 Å². The molecule has 6 nitrogen and oxygen atoms in total. The smallest absolute Gasteiger partial charge is 0.156 e. The van der Waals surface area contributed by atoms with Crippen molar-refractivity contribution in [3.63, 3.8) is 0 Å². The Balaban J connectivity index is 1.82. The van der Waals surface area contributed by atoms with Crippen molar-refractivity contribution in [2.24, 2.45) is 0 Å². The molecule has 4 rings (SSSR count). The predicted molar refractivity (Wildman–Crippen MR) is 109 cm³/mol. The first-order chi connectivity index (χ1) is 13.4. The SMILES string of the molecule is C=Cc1ccc(-c2nnc(NC3CC(C)(O)C3)c3cc(C#N)ccc23)c(O)c1. The maximum absolute atomic E-state index is 10.4. The molecule has 6 heteroatoms. The number of hydrogen-bond donors (Lipinski definition) is 3. The average Bonchev–Trinajstić information content (AvgIpc) is 2.66. The Morgan fingerprint density at radius 2 is 2.00 bits per heavy atom.